The van der Waals surface area contributed by atoms with Gasteiger partial charge in [-0.2, -0.15) is 4.37 Å². The van der Waals surface area contributed by atoms with Crippen LogP contribution in [0.4, 0.5) is 5.13 Å². The Labute approximate surface area is 105 Å². The molecule has 1 aliphatic rings. The van der Waals surface area contributed by atoms with Crippen LogP contribution < -0.4 is 4.90 Å². The monoisotopic (exact) mass is 246 g/mol. The summed E-state index contributed by atoms with van der Waals surface area (Å²) in [7, 11) is 0. The summed E-state index contributed by atoms with van der Waals surface area (Å²) in [5, 5.41) is 1.04. The highest BCUT2D eigenvalue weighted by Crippen LogP contribution is 2.36. The molecule has 5 heteroatoms. The number of aromatic nitrogens is 3. The molecule has 3 heterocycles. The lowest BCUT2D eigenvalue weighted by Crippen LogP contribution is -2.22. The van der Waals surface area contributed by atoms with Gasteiger partial charge >= 0.3 is 0 Å². The Bertz CT molecular complexity index is 496. The Balaban J connectivity index is 1.90. The molecular weight excluding hydrogens is 232 g/mol. The number of hydrogen-bond donors (Lipinski definition) is 0. The van der Waals surface area contributed by atoms with Crippen LogP contribution in [0.15, 0.2) is 24.5 Å². The lowest BCUT2D eigenvalue weighted by molar-refractivity contribution is 0.713. The van der Waals surface area contributed by atoms with Gasteiger partial charge in [0.2, 0.25) is 5.13 Å². The van der Waals surface area contributed by atoms with Crippen LogP contribution in [0.25, 0.3) is 0 Å². The Kier molecular flexibility index (Phi) is 2.76. The number of rotatable bonds is 2. The second kappa shape index (κ2) is 4.41. The van der Waals surface area contributed by atoms with Crippen molar-refractivity contribution in [2.45, 2.75) is 25.8 Å². The number of pyridine rings is 1. The van der Waals surface area contributed by atoms with Crippen molar-refractivity contribution < 1.29 is 0 Å². The zero-order valence-corrected chi connectivity index (χ0v) is 10.5. The molecule has 0 saturated carbocycles. The molecule has 1 atom stereocenters. The van der Waals surface area contributed by atoms with Gasteiger partial charge in [0.15, 0.2) is 0 Å². The standard InChI is InChI=1S/C12H14N4S/c1-9-14-12(17-15-9)16-7-3-5-11(16)10-4-2-6-13-8-10/h2,4,6,8,11H,3,5,7H2,1H3. The third-order valence-corrected chi connectivity index (χ3v) is 3.93. The molecule has 1 saturated heterocycles. The summed E-state index contributed by atoms with van der Waals surface area (Å²) in [6.45, 7) is 3.00. The van der Waals surface area contributed by atoms with Crippen molar-refractivity contribution in [3.05, 3.63) is 35.9 Å². The minimum Gasteiger partial charge on any atom is -0.340 e. The third-order valence-electron chi connectivity index (χ3n) is 3.08. The second-order valence-electron chi connectivity index (χ2n) is 4.26. The van der Waals surface area contributed by atoms with Gasteiger partial charge in [-0.1, -0.05) is 6.07 Å². The van der Waals surface area contributed by atoms with Gasteiger partial charge in [0, 0.05) is 30.5 Å². The highest BCUT2D eigenvalue weighted by molar-refractivity contribution is 7.09. The fourth-order valence-electron chi connectivity index (χ4n) is 2.32. The van der Waals surface area contributed by atoms with E-state index in [4.69, 9.17) is 0 Å². The van der Waals surface area contributed by atoms with E-state index in [0.717, 1.165) is 17.5 Å². The smallest absolute Gasteiger partial charge is 0.205 e. The van der Waals surface area contributed by atoms with Crippen LogP contribution in [0, 0.1) is 6.92 Å². The van der Waals surface area contributed by atoms with Crippen LogP contribution in [0.1, 0.15) is 30.3 Å². The first-order chi connectivity index (χ1) is 8.34. The van der Waals surface area contributed by atoms with Crippen molar-refractivity contribution in [1.82, 2.24) is 14.3 Å². The van der Waals surface area contributed by atoms with Crippen molar-refractivity contribution in [3.63, 3.8) is 0 Å². The summed E-state index contributed by atoms with van der Waals surface area (Å²) in [5.41, 5.74) is 1.28. The van der Waals surface area contributed by atoms with Crippen molar-refractivity contribution in [2.24, 2.45) is 0 Å². The van der Waals surface area contributed by atoms with Crippen LogP contribution in [-0.2, 0) is 0 Å². The third kappa shape index (κ3) is 2.02. The molecule has 1 fully saturated rings. The fraction of sp³-hybridized carbons (Fsp3) is 0.417. The second-order valence-corrected chi connectivity index (χ2v) is 4.99. The maximum atomic E-state index is 4.48. The van der Waals surface area contributed by atoms with Gasteiger partial charge in [-0.3, -0.25) is 4.98 Å². The largest absolute Gasteiger partial charge is 0.340 e. The van der Waals surface area contributed by atoms with Gasteiger partial charge in [-0.25, -0.2) is 4.98 Å². The van der Waals surface area contributed by atoms with E-state index >= 15 is 0 Å². The predicted octanol–water partition coefficient (Wildman–Crippen LogP) is 2.58. The van der Waals surface area contributed by atoms with Gasteiger partial charge in [-0.15, -0.1) is 0 Å². The van der Waals surface area contributed by atoms with Crippen LogP contribution in [-0.4, -0.2) is 20.9 Å². The summed E-state index contributed by atoms with van der Waals surface area (Å²) < 4.78 is 4.26. The van der Waals surface area contributed by atoms with Crippen LogP contribution in [0.2, 0.25) is 0 Å². The molecule has 0 radical (unpaired) electrons. The van der Waals surface area contributed by atoms with Crippen molar-refractivity contribution >= 4 is 16.7 Å². The van der Waals surface area contributed by atoms with E-state index in [1.807, 2.05) is 25.4 Å². The molecule has 0 spiro atoms. The molecule has 0 amide bonds. The maximum Gasteiger partial charge on any atom is 0.205 e. The van der Waals surface area contributed by atoms with E-state index < -0.39 is 0 Å². The molecule has 4 nitrogen and oxygen atoms in total. The molecule has 2 aromatic rings. The summed E-state index contributed by atoms with van der Waals surface area (Å²) in [6, 6.07) is 4.55. The van der Waals surface area contributed by atoms with Crippen LogP contribution in [0.5, 0.6) is 0 Å². The first-order valence-electron chi connectivity index (χ1n) is 5.81. The average molecular weight is 246 g/mol. The molecule has 3 rings (SSSR count). The number of anilines is 1. The Morgan fingerprint density at radius 2 is 2.41 bits per heavy atom. The first-order valence-corrected chi connectivity index (χ1v) is 6.59. The summed E-state index contributed by atoms with van der Waals surface area (Å²) in [6.07, 6.45) is 6.15. The molecule has 0 aliphatic carbocycles. The molecule has 88 valence electrons. The highest BCUT2D eigenvalue weighted by atomic mass is 32.1. The van der Waals surface area contributed by atoms with Crippen molar-refractivity contribution in [1.29, 1.82) is 0 Å². The lowest BCUT2D eigenvalue weighted by Gasteiger charge is -2.23. The molecule has 1 aliphatic heterocycles. The Morgan fingerprint density at radius 1 is 1.47 bits per heavy atom. The van der Waals surface area contributed by atoms with E-state index in [9.17, 15) is 0 Å². The van der Waals surface area contributed by atoms with E-state index in [-0.39, 0.29) is 0 Å². The minimum atomic E-state index is 0.413. The molecule has 0 aromatic carbocycles. The maximum absolute atomic E-state index is 4.48. The molecule has 1 unspecified atom stereocenters. The topological polar surface area (TPSA) is 41.9 Å². The van der Waals surface area contributed by atoms with E-state index in [0.29, 0.717) is 6.04 Å². The first kappa shape index (κ1) is 10.7. The van der Waals surface area contributed by atoms with Crippen LogP contribution >= 0.6 is 11.5 Å². The average Bonchev–Trinajstić information content (AvgIpc) is 2.98. The van der Waals surface area contributed by atoms with E-state index in [1.165, 1.54) is 29.9 Å². The van der Waals surface area contributed by atoms with Gasteiger partial charge in [0.1, 0.15) is 5.82 Å². The summed E-state index contributed by atoms with van der Waals surface area (Å²) >= 11 is 1.49. The van der Waals surface area contributed by atoms with E-state index in [1.54, 1.807) is 0 Å². The molecule has 17 heavy (non-hydrogen) atoms. The zero-order chi connectivity index (χ0) is 11.7. The van der Waals surface area contributed by atoms with Gasteiger partial charge in [0.25, 0.3) is 0 Å². The number of nitrogens with zero attached hydrogens (tertiary/aromatic N) is 4. The van der Waals surface area contributed by atoms with Gasteiger partial charge in [-0.05, 0) is 31.4 Å². The fourth-order valence-corrected chi connectivity index (χ4v) is 3.07. The van der Waals surface area contributed by atoms with Gasteiger partial charge in [0.05, 0.1) is 6.04 Å². The highest BCUT2D eigenvalue weighted by Gasteiger charge is 2.28. The normalized spacial score (nSPS) is 19.8. The molecule has 0 bridgehead atoms. The predicted molar refractivity (Wildman–Crippen MR) is 68.2 cm³/mol. The summed E-state index contributed by atoms with van der Waals surface area (Å²) in [4.78, 5) is 11.0. The molecular formula is C12H14N4S. The van der Waals surface area contributed by atoms with Crippen LogP contribution in [0.3, 0.4) is 0 Å². The SMILES string of the molecule is Cc1nsc(N2CCCC2c2cccnc2)n1. The van der Waals surface area contributed by atoms with E-state index in [2.05, 4.69) is 25.3 Å². The zero-order valence-electron chi connectivity index (χ0n) is 9.71. The quantitative estimate of drug-likeness (QED) is 0.816. The Hall–Kier alpha value is -1.49. The lowest BCUT2D eigenvalue weighted by atomic mass is 10.1. The number of aryl methyl sites for hydroxylation is 1. The number of hydrogen-bond acceptors (Lipinski definition) is 5. The van der Waals surface area contributed by atoms with Gasteiger partial charge < -0.3 is 4.90 Å². The van der Waals surface area contributed by atoms with Crippen molar-refractivity contribution in [3.8, 4) is 0 Å². The molecule has 0 N–H and O–H groups in total. The Morgan fingerprint density at radius 3 is 3.12 bits per heavy atom. The molecule has 2 aromatic heterocycles. The minimum absolute atomic E-state index is 0.413. The summed E-state index contributed by atoms with van der Waals surface area (Å²) in [5.74, 6) is 0.863. The van der Waals surface area contributed by atoms with Crippen molar-refractivity contribution in [2.75, 3.05) is 11.4 Å².